The number of ether oxygens (including phenoxy) is 2. The number of nitrogens with one attached hydrogen (secondary N) is 1. The van der Waals surface area contributed by atoms with Gasteiger partial charge in [0, 0.05) is 6.20 Å². The van der Waals surface area contributed by atoms with Crippen LogP contribution in [0.15, 0.2) is 54.9 Å². The Bertz CT molecular complexity index is 829. The second-order valence-electron chi connectivity index (χ2n) is 5.63. The lowest BCUT2D eigenvalue weighted by Crippen LogP contribution is -2.11. The fourth-order valence-electron chi connectivity index (χ4n) is 2.46. The second-order valence-corrected chi connectivity index (χ2v) is 5.63. The van der Waals surface area contributed by atoms with Gasteiger partial charge in [-0.3, -0.25) is 14.9 Å². The molecule has 0 aliphatic carbocycles. The van der Waals surface area contributed by atoms with Crippen LogP contribution in [0.2, 0.25) is 0 Å². The molecule has 0 aliphatic heterocycles. The number of hydrogen-bond donors (Lipinski definition) is 1. The van der Waals surface area contributed by atoms with Crippen molar-refractivity contribution in [2.24, 2.45) is 0 Å². The van der Waals surface area contributed by atoms with E-state index >= 15 is 0 Å². The number of carbonyl (C=O) groups excluding carboxylic acids is 1. The van der Waals surface area contributed by atoms with E-state index in [0.717, 1.165) is 22.5 Å². The largest absolute Gasteiger partial charge is 0.487 e. The van der Waals surface area contributed by atoms with E-state index in [4.69, 9.17) is 9.47 Å². The van der Waals surface area contributed by atoms with Gasteiger partial charge in [0.2, 0.25) is 0 Å². The third-order valence-electron chi connectivity index (χ3n) is 3.92. The van der Waals surface area contributed by atoms with Crippen molar-refractivity contribution in [1.82, 2.24) is 15.2 Å². The van der Waals surface area contributed by atoms with Crippen LogP contribution in [0.25, 0.3) is 11.4 Å². The lowest BCUT2D eigenvalue weighted by Gasteiger charge is -2.12. The first kappa shape index (κ1) is 16.7. The quantitative estimate of drug-likeness (QED) is 0.698. The minimum Gasteiger partial charge on any atom is -0.487 e. The minimum absolute atomic E-state index is 0.253. The van der Waals surface area contributed by atoms with Crippen molar-refractivity contribution in [1.29, 1.82) is 0 Å². The summed E-state index contributed by atoms with van der Waals surface area (Å²) in [5.74, 6) is 0.117. The van der Waals surface area contributed by atoms with Gasteiger partial charge in [0.1, 0.15) is 12.4 Å². The Labute approximate surface area is 145 Å². The van der Waals surface area contributed by atoms with E-state index in [1.54, 1.807) is 12.4 Å². The van der Waals surface area contributed by atoms with Gasteiger partial charge in [-0.15, -0.1) is 0 Å². The van der Waals surface area contributed by atoms with Crippen LogP contribution in [0.5, 0.6) is 5.75 Å². The smallest absolute Gasteiger partial charge is 0.312 e. The highest BCUT2D eigenvalue weighted by Gasteiger charge is 2.15. The van der Waals surface area contributed by atoms with Crippen LogP contribution >= 0.6 is 0 Å². The predicted molar refractivity (Wildman–Crippen MR) is 93.0 cm³/mol. The Hall–Kier alpha value is -3.15. The molecule has 0 saturated heterocycles. The molecule has 2 heterocycles. The SMILES string of the molecule is COC(=O)C(C)c1cccc(COc2ccc(-c3ccn[nH]3)nc2)c1. The summed E-state index contributed by atoms with van der Waals surface area (Å²) in [6.07, 6.45) is 3.36. The van der Waals surface area contributed by atoms with Crippen molar-refractivity contribution in [3.05, 3.63) is 66.0 Å². The fourth-order valence-corrected chi connectivity index (χ4v) is 2.46. The number of benzene rings is 1. The molecule has 25 heavy (non-hydrogen) atoms. The van der Waals surface area contributed by atoms with Crippen LogP contribution < -0.4 is 4.74 Å². The lowest BCUT2D eigenvalue weighted by atomic mass is 9.99. The fraction of sp³-hybridized carbons (Fsp3) is 0.211. The molecule has 0 amide bonds. The summed E-state index contributed by atoms with van der Waals surface area (Å²) in [6.45, 7) is 2.22. The third-order valence-corrected chi connectivity index (χ3v) is 3.92. The Morgan fingerprint density at radius 3 is 2.80 bits per heavy atom. The zero-order valence-corrected chi connectivity index (χ0v) is 14.1. The van der Waals surface area contributed by atoms with E-state index in [9.17, 15) is 4.79 Å². The van der Waals surface area contributed by atoms with E-state index < -0.39 is 0 Å². The van der Waals surface area contributed by atoms with Crippen molar-refractivity contribution in [3.8, 4) is 17.1 Å². The topological polar surface area (TPSA) is 77.1 Å². The summed E-state index contributed by atoms with van der Waals surface area (Å²) in [5.41, 5.74) is 3.54. The summed E-state index contributed by atoms with van der Waals surface area (Å²) >= 11 is 0. The van der Waals surface area contributed by atoms with Gasteiger partial charge >= 0.3 is 5.97 Å². The number of methoxy groups -OCH3 is 1. The Balaban J connectivity index is 1.64. The summed E-state index contributed by atoms with van der Waals surface area (Å²) in [4.78, 5) is 16.0. The molecule has 0 radical (unpaired) electrons. The lowest BCUT2D eigenvalue weighted by molar-refractivity contribution is -0.141. The minimum atomic E-state index is -0.305. The van der Waals surface area contributed by atoms with Crippen LogP contribution in [-0.4, -0.2) is 28.3 Å². The maximum absolute atomic E-state index is 11.7. The number of aromatic nitrogens is 3. The molecule has 6 heteroatoms. The van der Waals surface area contributed by atoms with Crippen LogP contribution in [0, 0.1) is 0 Å². The molecule has 0 fully saturated rings. The molecule has 0 saturated carbocycles. The van der Waals surface area contributed by atoms with Gasteiger partial charge < -0.3 is 9.47 Å². The van der Waals surface area contributed by atoms with Crippen LogP contribution in [0.3, 0.4) is 0 Å². The number of H-pyrrole nitrogens is 1. The first-order valence-corrected chi connectivity index (χ1v) is 7.92. The van der Waals surface area contributed by atoms with Crippen molar-refractivity contribution in [2.75, 3.05) is 7.11 Å². The highest BCUT2D eigenvalue weighted by molar-refractivity contribution is 5.77. The van der Waals surface area contributed by atoms with Gasteiger partial charge in [-0.1, -0.05) is 24.3 Å². The maximum Gasteiger partial charge on any atom is 0.312 e. The van der Waals surface area contributed by atoms with Crippen LogP contribution in [0.1, 0.15) is 24.0 Å². The highest BCUT2D eigenvalue weighted by atomic mass is 16.5. The molecule has 0 bridgehead atoms. The average molecular weight is 337 g/mol. The van der Waals surface area contributed by atoms with Crippen LogP contribution in [-0.2, 0) is 16.1 Å². The zero-order valence-electron chi connectivity index (χ0n) is 14.1. The van der Waals surface area contributed by atoms with Gasteiger partial charge in [-0.25, -0.2) is 0 Å². The highest BCUT2D eigenvalue weighted by Crippen LogP contribution is 2.20. The molecule has 2 aromatic heterocycles. The summed E-state index contributed by atoms with van der Waals surface area (Å²) in [6, 6.07) is 13.3. The summed E-state index contributed by atoms with van der Waals surface area (Å²) < 4.78 is 10.6. The molecule has 0 spiro atoms. The Morgan fingerprint density at radius 2 is 2.12 bits per heavy atom. The van der Waals surface area contributed by atoms with E-state index in [1.165, 1.54) is 7.11 Å². The number of carbonyl (C=O) groups is 1. The van der Waals surface area contributed by atoms with E-state index in [0.29, 0.717) is 12.4 Å². The van der Waals surface area contributed by atoms with Gasteiger partial charge in [0.05, 0.1) is 30.6 Å². The van der Waals surface area contributed by atoms with Crippen molar-refractivity contribution >= 4 is 5.97 Å². The average Bonchev–Trinajstić information content (AvgIpc) is 3.20. The number of hydrogen-bond acceptors (Lipinski definition) is 5. The first-order valence-electron chi connectivity index (χ1n) is 7.92. The second kappa shape index (κ2) is 7.61. The van der Waals surface area contributed by atoms with E-state index in [1.807, 2.05) is 49.4 Å². The number of aromatic amines is 1. The Kier molecular flexibility index (Phi) is 5.09. The molecule has 3 rings (SSSR count). The number of rotatable bonds is 6. The molecule has 1 atom stereocenters. The normalized spacial score (nSPS) is 11.8. The molecular formula is C19H19N3O3. The Morgan fingerprint density at radius 1 is 1.24 bits per heavy atom. The molecular weight excluding hydrogens is 318 g/mol. The molecule has 6 nitrogen and oxygen atoms in total. The molecule has 1 unspecified atom stereocenters. The summed E-state index contributed by atoms with van der Waals surface area (Å²) in [7, 11) is 1.39. The number of esters is 1. The third kappa shape index (κ3) is 4.03. The number of pyridine rings is 1. The molecule has 0 aliphatic rings. The number of nitrogens with zero attached hydrogens (tertiary/aromatic N) is 2. The first-order chi connectivity index (χ1) is 12.2. The van der Waals surface area contributed by atoms with Crippen molar-refractivity contribution in [3.63, 3.8) is 0 Å². The van der Waals surface area contributed by atoms with Crippen LogP contribution in [0.4, 0.5) is 0 Å². The van der Waals surface area contributed by atoms with Gasteiger partial charge in [0.15, 0.2) is 0 Å². The molecule has 3 aromatic rings. The van der Waals surface area contributed by atoms with Gasteiger partial charge in [-0.05, 0) is 36.2 Å². The van der Waals surface area contributed by atoms with E-state index in [-0.39, 0.29) is 11.9 Å². The molecule has 128 valence electrons. The predicted octanol–water partition coefficient (Wildman–Crippen LogP) is 3.33. The van der Waals surface area contributed by atoms with Crippen molar-refractivity contribution < 1.29 is 14.3 Å². The maximum atomic E-state index is 11.7. The van der Waals surface area contributed by atoms with Crippen molar-refractivity contribution in [2.45, 2.75) is 19.4 Å². The zero-order chi connectivity index (χ0) is 17.6. The monoisotopic (exact) mass is 337 g/mol. The van der Waals surface area contributed by atoms with E-state index in [2.05, 4.69) is 15.2 Å². The summed E-state index contributed by atoms with van der Waals surface area (Å²) in [5, 5.41) is 6.78. The van der Waals surface area contributed by atoms with Gasteiger partial charge in [0.25, 0.3) is 0 Å². The standard InChI is InChI=1S/C19H19N3O3/c1-13(19(23)24-2)15-5-3-4-14(10-15)12-25-16-6-7-17(20-11-16)18-8-9-21-22-18/h3-11,13H,12H2,1-2H3,(H,21,22). The molecule has 1 aromatic carbocycles. The molecule has 1 N–H and O–H groups in total. The van der Waals surface area contributed by atoms with Gasteiger partial charge in [-0.2, -0.15) is 5.10 Å².